The van der Waals surface area contributed by atoms with Crippen molar-refractivity contribution in [2.24, 2.45) is 0 Å². The molecule has 1 heteroatoms. The second kappa shape index (κ2) is 7.26. The van der Waals surface area contributed by atoms with E-state index < -0.39 is 6.10 Å². The normalized spacial score (nSPS) is 14.2. The van der Waals surface area contributed by atoms with Crippen LogP contribution in [0.2, 0.25) is 0 Å². The molecular formula is C22H22O. The van der Waals surface area contributed by atoms with Crippen molar-refractivity contribution >= 4 is 10.8 Å². The minimum atomic E-state index is -0.551. The van der Waals surface area contributed by atoms with Crippen LogP contribution in [0.4, 0.5) is 0 Å². The van der Waals surface area contributed by atoms with Crippen LogP contribution in [-0.2, 0) is 0 Å². The molecule has 1 nitrogen and oxygen atoms in total. The topological polar surface area (TPSA) is 20.2 Å². The van der Waals surface area contributed by atoms with Crippen molar-refractivity contribution in [2.75, 3.05) is 0 Å². The van der Waals surface area contributed by atoms with Crippen LogP contribution in [0.15, 0.2) is 84.9 Å². The van der Waals surface area contributed by atoms with E-state index in [1.807, 2.05) is 30.3 Å². The molecule has 0 radical (unpaired) electrons. The minimum absolute atomic E-state index is 0.0524. The van der Waals surface area contributed by atoms with E-state index in [-0.39, 0.29) is 5.92 Å². The number of hydrogen-bond acceptors (Lipinski definition) is 1. The maximum atomic E-state index is 11.0. The van der Waals surface area contributed by atoms with Crippen molar-refractivity contribution in [2.45, 2.75) is 25.4 Å². The molecule has 0 fully saturated rings. The zero-order chi connectivity index (χ0) is 16.1. The van der Waals surface area contributed by atoms with Crippen molar-refractivity contribution in [1.29, 1.82) is 0 Å². The van der Waals surface area contributed by atoms with Crippen LogP contribution in [0, 0.1) is 0 Å². The summed E-state index contributed by atoms with van der Waals surface area (Å²) in [6.45, 7) is 2.12. The molecule has 0 heterocycles. The molecule has 3 rings (SSSR count). The van der Waals surface area contributed by atoms with Crippen LogP contribution >= 0.6 is 0 Å². The Morgan fingerprint density at radius 2 is 1.57 bits per heavy atom. The SMILES string of the molecule is CC/C=C/C(c1cccc2ccccc12)C(O)c1ccccc1. The average molecular weight is 302 g/mol. The first-order valence-corrected chi connectivity index (χ1v) is 8.18. The first kappa shape index (κ1) is 15.5. The lowest BCUT2D eigenvalue weighted by Crippen LogP contribution is -2.09. The molecular weight excluding hydrogens is 280 g/mol. The van der Waals surface area contributed by atoms with Crippen molar-refractivity contribution < 1.29 is 5.11 Å². The molecule has 3 aromatic carbocycles. The van der Waals surface area contributed by atoms with Gasteiger partial charge in [0.15, 0.2) is 0 Å². The van der Waals surface area contributed by atoms with Crippen LogP contribution in [0.3, 0.4) is 0 Å². The van der Waals surface area contributed by atoms with Crippen LogP contribution in [0.1, 0.15) is 36.5 Å². The second-order valence-electron chi connectivity index (χ2n) is 5.79. The van der Waals surface area contributed by atoms with Gasteiger partial charge in [0.25, 0.3) is 0 Å². The average Bonchev–Trinajstić information content (AvgIpc) is 2.62. The highest BCUT2D eigenvalue weighted by Gasteiger charge is 2.21. The van der Waals surface area contributed by atoms with Gasteiger partial charge in [0, 0.05) is 5.92 Å². The van der Waals surface area contributed by atoms with Gasteiger partial charge in [0.05, 0.1) is 6.10 Å². The van der Waals surface area contributed by atoms with Crippen LogP contribution in [-0.4, -0.2) is 5.11 Å². The third-order valence-corrected chi connectivity index (χ3v) is 4.24. The van der Waals surface area contributed by atoms with Crippen molar-refractivity contribution in [1.82, 2.24) is 0 Å². The van der Waals surface area contributed by atoms with Gasteiger partial charge in [-0.2, -0.15) is 0 Å². The highest BCUT2D eigenvalue weighted by molar-refractivity contribution is 5.86. The van der Waals surface area contributed by atoms with Gasteiger partial charge >= 0.3 is 0 Å². The van der Waals surface area contributed by atoms with Gasteiger partial charge in [0.2, 0.25) is 0 Å². The standard InChI is InChI=1S/C22H22O/c1-2-3-14-21(22(23)18-11-5-4-6-12-18)20-16-9-13-17-10-7-8-15-19(17)20/h3-16,21-23H,2H2,1H3/b14-3+. The zero-order valence-corrected chi connectivity index (χ0v) is 13.4. The van der Waals surface area contributed by atoms with Crippen molar-refractivity contribution in [3.63, 3.8) is 0 Å². The molecule has 0 aliphatic carbocycles. The van der Waals surface area contributed by atoms with E-state index >= 15 is 0 Å². The van der Waals surface area contributed by atoms with Gasteiger partial charge in [-0.15, -0.1) is 0 Å². The number of hydrogen-bond donors (Lipinski definition) is 1. The van der Waals surface area contributed by atoms with E-state index in [2.05, 4.69) is 61.5 Å². The smallest absolute Gasteiger partial charge is 0.0893 e. The van der Waals surface area contributed by atoms with E-state index in [0.29, 0.717) is 0 Å². The number of allylic oxidation sites excluding steroid dienone is 1. The van der Waals surface area contributed by atoms with Crippen molar-refractivity contribution in [3.05, 3.63) is 96.1 Å². The molecule has 0 aliphatic heterocycles. The molecule has 0 aromatic heterocycles. The Morgan fingerprint density at radius 1 is 0.870 bits per heavy atom. The molecule has 0 spiro atoms. The van der Waals surface area contributed by atoms with E-state index in [1.165, 1.54) is 16.3 Å². The van der Waals surface area contributed by atoms with Gasteiger partial charge in [-0.1, -0.05) is 91.9 Å². The fourth-order valence-corrected chi connectivity index (χ4v) is 3.06. The van der Waals surface area contributed by atoms with Crippen molar-refractivity contribution in [3.8, 4) is 0 Å². The molecule has 1 N–H and O–H groups in total. The molecule has 2 atom stereocenters. The summed E-state index contributed by atoms with van der Waals surface area (Å²) in [5.41, 5.74) is 2.12. The lowest BCUT2D eigenvalue weighted by molar-refractivity contribution is 0.162. The van der Waals surface area contributed by atoms with E-state index in [0.717, 1.165) is 12.0 Å². The summed E-state index contributed by atoms with van der Waals surface area (Å²) in [5.74, 6) is -0.0524. The molecule has 116 valence electrons. The summed E-state index contributed by atoms with van der Waals surface area (Å²) in [6.07, 6.45) is 4.69. The Labute approximate surface area is 137 Å². The molecule has 2 unspecified atom stereocenters. The quantitative estimate of drug-likeness (QED) is 0.606. The largest absolute Gasteiger partial charge is 0.387 e. The third kappa shape index (κ3) is 3.35. The maximum absolute atomic E-state index is 11.0. The predicted molar refractivity (Wildman–Crippen MR) is 97.5 cm³/mol. The van der Waals surface area contributed by atoms with Crippen LogP contribution < -0.4 is 0 Å². The van der Waals surface area contributed by atoms with Gasteiger partial charge in [0.1, 0.15) is 0 Å². The van der Waals surface area contributed by atoms with Gasteiger partial charge in [-0.25, -0.2) is 0 Å². The number of rotatable bonds is 5. The van der Waals surface area contributed by atoms with Gasteiger partial charge < -0.3 is 5.11 Å². The van der Waals surface area contributed by atoms with E-state index in [1.54, 1.807) is 0 Å². The number of fused-ring (bicyclic) bond motifs is 1. The molecule has 0 saturated carbocycles. The Kier molecular flexibility index (Phi) is 4.89. The molecule has 0 aliphatic rings. The van der Waals surface area contributed by atoms with Crippen LogP contribution in [0.5, 0.6) is 0 Å². The second-order valence-corrected chi connectivity index (χ2v) is 5.79. The fourth-order valence-electron chi connectivity index (χ4n) is 3.06. The van der Waals surface area contributed by atoms with E-state index in [4.69, 9.17) is 0 Å². The molecule has 23 heavy (non-hydrogen) atoms. The third-order valence-electron chi connectivity index (χ3n) is 4.24. The summed E-state index contributed by atoms with van der Waals surface area (Å²) in [6, 6.07) is 24.6. The highest BCUT2D eigenvalue weighted by atomic mass is 16.3. The Hall–Kier alpha value is -2.38. The van der Waals surface area contributed by atoms with Crippen LogP contribution in [0.25, 0.3) is 10.8 Å². The minimum Gasteiger partial charge on any atom is -0.387 e. The number of aliphatic hydroxyl groups excluding tert-OH is 1. The zero-order valence-electron chi connectivity index (χ0n) is 13.4. The monoisotopic (exact) mass is 302 g/mol. The summed E-state index contributed by atoms with van der Waals surface area (Å²) < 4.78 is 0. The lowest BCUT2D eigenvalue weighted by Gasteiger charge is -2.22. The summed E-state index contributed by atoms with van der Waals surface area (Å²) in [7, 11) is 0. The molecule has 3 aromatic rings. The van der Waals surface area contributed by atoms with Gasteiger partial charge in [-0.3, -0.25) is 0 Å². The first-order chi connectivity index (χ1) is 11.3. The summed E-state index contributed by atoms with van der Waals surface area (Å²) in [5, 5.41) is 13.4. The Morgan fingerprint density at radius 3 is 2.35 bits per heavy atom. The number of benzene rings is 3. The molecule has 0 amide bonds. The van der Waals surface area contributed by atoms with E-state index in [9.17, 15) is 5.11 Å². The first-order valence-electron chi connectivity index (χ1n) is 8.18. The number of aliphatic hydroxyl groups is 1. The predicted octanol–water partition coefficient (Wildman–Crippen LogP) is 5.62. The maximum Gasteiger partial charge on any atom is 0.0893 e. The lowest BCUT2D eigenvalue weighted by atomic mass is 9.86. The molecule has 0 bridgehead atoms. The summed E-state index contributed by atoms with van der Waals surface area (Å²) >= 11 is 0. The van der Waals surface area contributed by atoms with Gasteiger partial charge in [-0.05, 0) is 28.3 Å². The molecule has 0 saturated heterocycles. The highest BCUT2D eigenvalue weighted by Crippen LogP contribution is 2.36. The Bertz CT molecular complexity index is 784. The summed E-state index contributed by atoms with van der Waals surface area (Å²) in [4.78, 5) is 0. The fraction of sp³-hybridized carbons (Fsp3) is 0.182. The Balaban J connectivity index is 2.10.